The normalized spacial score (nSPS) is 17.9. The van der Waals surface area contributed by atoms with Crippen LogP contribution in [0.5, 0.6) is 5.75 Å². The molecule has 0 spiro atoms. The van der Waals surface area contributed by atoms with Gasteiger partial charge in [0.25, 0.3) is 0 Å². The molecule has 3 nitrogen and oxygen atoms in total. The minimum absolute atomic E-state index is 0.0543. The zero-order valence-electron chi connectivity index (χ0n) is 22.3. The van der Waals surface area contributed by atoms with Crippen molar-refractivity contribution in [2.24, 2.45) is 11.8 Å². The van der Waals surface area contributed by atoms with Crippen molar-refractivity contribution < 1.29 is 9.53 Å². The lowest BCUT2D eigenvalue weighted by Crippen LogP contribution is -2.25. The highest BCUT2D eigenvalue weighted by atomic mass is 16.5. The molecule has 0 saturated heterocycles. The topological polar surface area (TPSA) is 39.2 Å². The van der Waals surface area contributed by atoms with Crippen LogP contribution in [-0.4, -0.2) is 11.0 Å². The van der Waals surface area contributed by atoms with Crippen LogP contribution in [-0.2, 0) is 11.2 Å². The Labute approximate surface area is 214 Å². The Bertz CT molecular complexity index is 835. The van der Waals surface area contributed by atoms with Gasteiger partial charge in [0.15, 0.2) is 0 Å². The van der Waals surface area contributed by atoms with E-state index in [0.29, 0.717) is 5.75 Å². The van der Waals surface area contributed by atoms with Crippen LogP contribution in [0, 0.1) is 11.8 Å². The van der Waals surface area contributed by atoms with E-state index < -0.39 is 0 Å². The Balaban J connectivity index is 1.38. The molecule has 1 aromatic carbocycles. The molecule has 0 N–H and O–H groups in total. The first-order chi connectivity index (χ1) is 17.2. The third-order valence-corrected chi connectivity index (χ3v) is 7.66. The maximum Gasteiger partial charge on any atom is 0.314 e. The summed E-state index contributed by atoms with van der Waals surface area (Å²) >= 11 is 0. The fraction of sp³-hybridized carbons (Fsp3) is 0.625. The van der Waals surface area contributed by atoms with Gasteiger partial charge in [0.1, 0.15) is 5.75 Å². The number of ether oxygens (including phenoxy) is 1. The number of pyridine rings is 1. The summed E-state index contributed by atoms with van der Waals surface area (Å²) in [5.74, 6) is 1.45. The molecule has 1 aromatic heterocycles. The van der Waals surface area contributed by atoms with E-state index in [1.165, 1.54) is 89.0 Å². The fourth-order valence-electron chi connectivity index (χ4n) is 5.29. The quantitative estimate of drug-likeness (QED) is 0.146. The summed E-state index contributed by atoms with van der Waals surface area (Å²) in [6.07, 6.45) is 22.0. The molecule has 1 saturated carbocycles. The average molecular weight is 478 g/mol. The van der Waals surface area contributed by atoms with Crippen LogP contribution in [0.3, 0.4) is 0 Å². The van der Waals surface area contributed by atoms with Gasteiger partial charge in [0.05, 0.1) is 11.6 Å². The summed E-state index contributed by atoms with van der Waals surface area (Å²) in [5, 5.41) is 0. The molecule has 0 aliphatic heterocycles. The zero-order valence-corrected chi connectivity index (χ0v) is 22.3. The van der Waals surface area contributed by atoms with Gasteiger partial charge in [-0.15, -0.1) is 0 Å². The van der Waals surface area contributed by atoms with Crippen molar-refractivity contribution in [2.75, 3.05) is 0 Å². The van der Waals surface area contributed by atoms with E-state index in [-0.39, 0.29) is 11.9 Å². The van der Waals surface area contributed by atoms with Crippen LogP contribution in [0.25, 0.3) is 11.3 Å². The van der Waals surface area contributed by atoms with Gasteiger partial charge in [-0.1, -0.05) is 84.1 Å². The lowest BCUT2D eigenvalue weighted by Gasteiger charge is -2.27. The first kappa shape index (κ1) is 27.4. The molecule has 192 valence electrons. The van der Waals surface area contributed by atoms with Crippen molar-refractivity contribution in [1.29, 1.82) is 0 Å². The maximum atomic E-state index is 12.7. The second kappa shape index (κ2) is 15.8. The van der Waals surface area contributed by atoms with Crippen LogP contribution in [0.15, 0.2) is 42.6 Å². The molecule has 3 rings (SSSR count). The van der Waals surface area contributed by atoms with Crippen molar-refractivity contribution >= 4 is 5.97 Å². The van der Waals surface area contributed by atoms with Crippen LogP contribution >= 0.6 is 0 Å². The molecule has 1 aliphatic carbocycles. The van der Waals surface area contributed by atoms with E-state index in [1.807, 2.05) is 30.5 Å². The molecule has 35 heavy (non-hydrogen) atoms. The van der Waals surface area contributed by atoms with Crippen LogP contribution in [0.4, 0.5) is 0 Å². The molecule has 1 aliphatic rings. The first-order valence-corrected chi connectivity index (χ1v) is 14.5. The number of rotatable bonds is 15. The maximum absolute atomic E-state index is 12.7. The van der Waals surface area contributed by atoms with Crippen LogP contribution in [0.1, 0.15) is 116 Å². The van der Waals surface area contributed by atoms with Crippen LogP contribution in [0.2, 0.25) is 0 Å². The lowest BCUT2D eigenvalue weighted by molar-refractivity contribution is -0.140. The Morgan fingerprint density at radius 2 is 1.46 bits per heavy atom. The van der Waals surface area contributed by atoms with Gasteiger partial charge in [-0.3, -0.25) is 9.78 Å². The molecule has 0 amide bonds. The highest BCUT2D eigenvalue weighted by Gasteiger charge is 2.27. The van der Waals surface area contributed by atoms with E-state index in [2.05, 4.69) is 31.0 Å². The Hall–Kier alpha value is -2.16. The van der Waals surface area contributed by atoms with Crippen molar-refractivity contribution in [3.05, 3.63) is 48.2 Å². The molecule has 0 unspecified atom stereocenters. The number of aryl methyl sites for hydroxylation is 1. The third kappa shape index (κ3) is 9.78. The predicted molar refractivity (Wildman–Crippen MR) is 147 cm³/mol. The molecule has 1 fully saturated rings. The van der Waals surface area contributed by atoms with E-state index in [4.69, 9.17) is 4.74 Å². The van der Waals surface area contributed by atoms with E-state index in [9.17, 15) is 4.79 Å². The number of unbranched alkanes of at least 4 members (excludes halogenated alkanes) is 8. The number of esters is 1. The third-order valence-electron chi connectivity index (χ3n) is 7.66. The number of benzene rings is 1. The molecule has 3 heteroatoms. The first-order valence-electron chi connectivity index (χ1n) is 14.5. The summed E-state index contributed by atoms with van der Waals surface area (Å²) < 4.78 is 5.74. The molecule has 0 bridgehead atoms. The standard InChI is InChI=1S/C32H47NO2/c1-3-5-7-9-10-12-13-26-15-18-29(19-16-26)32(34)35-30-22-20-28(21-23-30)31-24-17-27(25-33-31)14-11-8-6-4-2/h17,20-26,29H,3-16,18-19H2,1-2H3. The molecule has 0 atom stereocenters. The van der Waals surface area contributed by atoms with E-state index >= 15 is 0 Å². The molecule has 1 heterocycles. The van der Waals surface area contributed by atoms with Gasteiger partial charge in [-0.05, 0) is 80.3 Å². The summed E-state index contributed by atoms with van der Waals surface area (Å²) in [5.41, 5.74) is 3.32. The zero-order chi connectivity index (χ0) is 24.7. The smallest absolute Gasteiger partial charge is 0.314 e. The van der Waals surface area contributed by atoms with Gasteiger partial charge in [-0.25, -0.2) is 0 Å². The molecular formula is C32H47NO2. The number of hydrogen-bond acceptors (Lipinski definition) is 3. The van der Waals surface area contributed by atoms with Crippen molar-refractivity contribution in [2.45, 2.75) is 117 Å². The number of carbonyl (C=O) groups excluding carboxylic acids is 1. The SMILES string of the molecule is CCCCCCCCC1CCC(C(=O)Oc2ccc(-c3ccc(CCCCCC)cn3)cc2)CC1. The minimum Gasteiger partial charge on any atom is -0.426 e. The summed E-state index contributed by atoms with van der Waals surface area (Å²) in [6, 6.07) is 12.1. The molecule has 2 aromatic rings. The van der Waals surface area contributed by atoms with Crippen LogP contribution < -0.4 is 4.74 Å². The number of nitrogens with zero attached hydrogens (tertiary/aromatic N) is 1. The van der Waals surface area contributed by atoms with Crippen molar-refractivity contribution in [1.82, 2.24) is 4.98 Å². The Morgan fingerprint density at radius 3 is 2.11 bits per heavy atom. The average Bonchev–Trinajstić information content (AvgIpc) is 2.90. The largest absolute Gasteiger partial charge is 0.426 e. The Morgan fingerprint density at radius 1 is 0.800 bits per heavy atom. The fourth-order valence-corrected chi connectivity index (χ4v) is 5.29. The second-order valence-electron chi connectivity index (χ2n) is 10.6. The highest BCUT2D eigenvalue weighted by Crippen LogP contribution is 2.33. The monoisotopic (exact) mass is 477 g/mol. The Kier molecular flexibility index (Phi) is 12.3. The van der Waals surface area contributed by atoms with Gasteiger partial charge in [0.2, 0.25) is 0 Å². The summed E-state index contributed by atoms with van der Waals surface area (Å²) in [6.45, 7) is 4.51. The van der Waals surface area contributed by atoms with Crippen molar-refractivity contribution in [3.63, 3.8) is 0 Å². The predicted octanol–water partition coefficient (Wildman–Crippen LogP) is 9.33. The highest BCUT2D eigenvalue weighted by molar-refractivity contribution is 5.75. The van der Waals surface area contributed by atoms with E-state index in [0.717, 1.165) is 36.4 Å². The summed E-state index contributed by atoms with van der Waals surface area (Å²) in [7, 11) is 0. The number of carbonyl (C=O) groups is 1. The van der Waals surface area contributed by atoms with Crippen molar-refractivity contribution in [3.8, 4) is 17.0 Å². The summed E-state index contributed by atoms with van der Waals surface area (Å²) in [4.78, 5) is 17.4. The minimum atomic E-state index is -0.0543. The van der Waals surface area contributed by atoms with Gasteiger partial charge >= 0.3 is 5.97 Å². The van der Waals surface area contributed by atoms with E-state index in [1.54, 1.807) is 0 Å². The molecular weight excluding hydrogens is 430 g/mol. The van der Waals surface area contributed by atoms with Gasteiger partial charge < -0.3 is 4.74 Å². The number of hydrogen-bond donors (Lipinski definition) is 0. The lowest BCUT2D eigenvalue weighted by atomic mass is 9.80. The molecule has 0 radical (unpaired) electrons. The second-order valence-corrected chi connectivity index (χ2v) is 10.6. The van der Waals surface area contributed by atoms with Gasteiger partial charge in [-0.2, -0.15) is 0 Å². The van der Waals surface area contributed by atoms with Gasteiger partial charge in [0, 0.05) is 11.8 Å². The number of aromatic nitrogens is 1.